The van der Waals surface area contributed by atoms with E-state index in [4.69, 9.17) is 4.74 Å². The number of rotatable bonds is 5. The van der Waals surface area contributed by atoms with Gasteiger partial charge in [-0.15, -0.1) is 0 Å². The topological polar surface area (TPSA) is 41.5 Å². The summed E-state index contributed by atoms with van der Waals surface area (Å²) in [7, 11) is 0. The highest BCUT2D eigenvalue weighted by Gasteiger charge is 2.25. The molecule has 1 fully saturated rings. The van der Waals surface area contributed by atoms with Crippen LogP contribution in [-0.4, -0.2) is 30.9 Å². The van der Waals surface area contributed by atoms with Crippen molar-refractivity contribution in [3.63, 3.8) is 0 Å². The van der Waals surface area contributed by atoms with Crippen LogP contribution in [0, 0.1) is 11.8 Å². The molecular formula is C17H25NO2. The van der Waals surface area contributed by atoms with Crippen LogP contribution in [0.25, 0.3) is 0 Å². The van der Waals surface area contributed by atoms with E-state index >= 15 is 0 Å². The SMILES string of the molecule is OCC1CCCCC1CNCC1Cc2ccccc2O1. The Balaban J connectivity index is 1.43. The van der Waals surface area contributed by atoms with Gasteiger partial charge in [0.15, 0.2) is 0 Å². The summed E-state index contributed by atoms with van der Waals surface area (Å²) in [6, 6.07) is 8.31. The van der Waals surface area contributed by atoms with Gasteiger partial charge in [-0.05, 0) is 42.9 Å². The third-order valence-electron chi connectivity index (χ3n) is 4.79. The van der Waals surface area contributed by atoms with Gasteiger partial charge in [0.25, 0.3) is 0 Å². The molecule has 20 heavy (non-hydrogen) atoms. The third-order valence-corrected chi connectivity index (χ3v) is 4.79. The molecular weight excluding hydrogens is 250 g/mol. The Hall–Kier alpha value is -1.06. The quantitative estimate of drug-likeness (QED) is 0.867. The monoisotopic (exact) mass is 275 g/mol. The van der Waals surface area contributed by atoms with Gasteiger partial charge >= 0.3 is 0 Å². The molecule has 3 unspecified atom stereocenters. The molecule has 0 aromatic heterocycles. The molecule has 3 heteroatoms. The van der Waals surface area contributed by atoms with Gasteiger partial charge in [0.1, 0.15) is 11.9 Å². The van der Waals surface area contributed by atoms with Gasteiger partial charge in [-0.2, -0.15) is 0 Å². The molecule has 0 spiro atoms. The third kappa shape index (κ3) is 3.15. The van der Waals surface area contributed by atoms with E-state index < -0.39 is 0 Å². The number of aliphatic hydroxyl groups excluding tert-OH is 1. The smallest absolute Gasteiger partial charge is 0.123 e. The molecule has 0 radical (unpaired) electrons. The van der Waals surface area contributed by atoms with E-state index in [0.29, 0.717) is 18.4 Å². The molecule has 3 nitrogen and oxygen atoms in total. The molecule has 3 rings (SSSR count). The number of aliphatic hydroxyl groups is 1. The van der Waals surface area contributed by atoms with E-state index in [0.717, 1.165) is 25.3 Å². The van der Waals surface area contributed by atoms with Gasteiger partial charge in [0, 0.05) is 19.6 Å². The van der Waals surface area contributed by atoms with Crippen LogP contribution in [0.15, 0.2) is 24.3 Å². The zero-order valence-corrected chi connectivity index (χ0v) is 12.1. The molecule has 2 aliphatic rings. The Bertz CT molecular complexity index is 410. The Labute approximate surface area is 121 Å². The van der Waals surface area contributed by atoms with Crippen LogP contribution in [0.3, 0.4) is 0 Å². The van der Waals surface area contributed by atoms with Crippen LogP contribution >= 0.6 is 0 Å². The van der Waals surface area contributed by atoms with Crippen LogP contribution < -0.4 is 10.1 Å². The summed E-state index contributed by atoms with van der Waals surface area (Å²) in [5, 5.41) is 13.0. The predicted octanol–water partition coefficient (Wildman–Crippen LogP) is 2.38. The standard InChI is InChI=1S/C17H25NO2/c19-12-15-7-2-1-6-14(15)10-18-11-16-9-13-5-3-4-8-17(13)20-16/h3-5,8,14-16,18-19H,1-2,6-7,9-12H2. The van der Waals surface area contributed by atoms with Crippen molar-refractivity contribution < 1.29 is 9.84 Å². The van der Waals surface area contributed by atoms with Crippen molar-refractivity contribution in [1.82, 2.24) is 5.32 Å². The Morgan fingerprint density at radius 1 is 1.10 bits per heavy atom. The molecule has 2 N–H and O–H groups in total. The molecule has 0 amide bonds. The second-order valence-corrected chi connectivity index (χ2v) is 6.20. The number of fused-ring (bicyclic) bond motifs is 1. The maximum Gasteiger partial charge on any atom is 0.123 e. The van der Waals surface area contributed by atoms with Crippen molar-refractivity contribution in [3.8, 4) is 5.75 Å². The fourth-order valence-corrected chi connectivity index (χ4v) is 3.59. The molecule has 1 aromatic carbocycles. The van der Waals surface area contributed by atoms with Crippen LogP contribution in [0.1, 0.15) is 31.2 Å². The van der Waals surface area contributed by atoms with Gasteiger partial charge < -0.3 is 15.2 Å². The second-order valence-electron chi connectivity index (χ2n) is 6.20. The molecule has 1 aliphatic carbocycles. The Kier molecular flexibility index (Phi) is 4.58. The Morgan fingerprint density at radius 3 is 2.70 bits per heavy atom. The first kappa shape index (κ1) is 13.9. The zero-order valence-electron chi connectivity index (χ0n) is 12.1. The van der Waals surface area contributed by atoms with E-state index in [1.54, 1.807) is 0 Å². The number of nitrogens with one attached hydrogen (secondary N) is 1. The molecule has 110 valence electrons. The van der Waals surface area contributed by atoms with Crippen molar-refractivity contribution in [2.45, 2.75) is 38.2 Å². The molecule has 0 bridgehead atoms. The lowest BCUT2D eigenvalue weighted by Crippen LogP contribution is -2.37. The number of hydrogen-bond acceptors (Lipinski definition) is 3. The highest BCUT2D eigenvalue weighted by Crippen LogP contribution is 2.30. The second kappa shape index (κ2) is 6.59. The average molecular weight is 275 g/mol. The molecule has 1 aliphatic heterocycles. The molecule has 1 heterocycles. The van der Waals surface area contributed by atoms with Crippen molar-refractivity contribution in [2.75, 3.05) is 19.7 Å². The summed E-state index contributed by atoms with van der Waals surface area (Å²) in [4.78, 5) is 0. The summed E-state index contributed by atoms with van der Waals surface area (Å²) >= 11 is 0. The van der Waals surface area contributed by atoms with E-state index in [-0.39, 0.29) is 6.10 Å². The molecule has 3 atom stereocenters. The van der Waals surface area contributed by atoms with E-state index in [9.17, 15) is 5.11 Å². The van der Waals surface area contributed by atoms with E-state index in [1.165, 1.54) is 31.2 Å². The number of benzene rings is 1. The summed E-state index contributed by atoms with van der Waals surface area (Å²) in [5.41, 5.74) is 1.32. The van der Waals surface area contributed by atoms with Crippen molar-refractivity contribution in [1.29, 1.82) is 0 Å². The zero-order chi connectivity index (χ0) is 13.8. The van der Waals surface area contributed by atoms with Gasteiger partial charge in [0.05, 0.1) is 0 Å². The van der Waals surface area contributed by atoms with Gasteiger partial charge in [-0.25, -0.2) is 0 Å². The summed E-state index contributed by atoms with van der Waals surface area (Å²) in [5.74, 6) is 2.18. The fraction of sp³-hybridized carbons (Fsp3) is 0.647. The molecule has 0 saturated heterocycles. The minimum atomic E-state index is 0.267. The summed E-state index contributed by atoms with van der Waals surface area (Å²) < 4.78 is 5.94. The number of hydrogen-bond donors (Lipinski definition) is 2. The van der Waals surface area contributed by atoms with Gasteiger partial charge in [0.2, 0.25) is 0 Å². The predicted molar refractivity (Wildman–Crippen MR) is 80.0 cm³/mol. The van der Waals surface area contributed by atoms with Crippen LogP contribution in [0.5, 0.6) is 5.75 Å². The highest BCUT2D eigenvalue weighted by molar-refractivity contribution is 5.37. The van der Waals surface area contributed by atoms with Crippen molar-refractivity contribution in [3.05, 3.63) is 29.8 Å². The maximum atomic E-state index is 9.44. The van der Waals surface area contributed by atoms with Crippen LogP contribution in [0.2, 0.25) is 0 Å². The lowest BCUT2D eigenvalue weighted by atomic mass is 9.79. The maximum absolute atomic E-state index is 9.44. The largest absolute Gasteiger partial charge is 0.488 e. The first-order valence-corrected chi connectivity index (χ1v) is 7.93. The van der Waals surface area contributed by atoms with Crippen molar-refractivity contribution >= 4 is 0 Å². The van der Waals surface area contributed by atoms with Crippen LogP contribution in [0.4, 0.5) is 0 Å². The van der Waals surface area contributed by atoms with Crippen molar-refractivity contribution in [2.24, 2.45) is 11.8 Å². The lowest BCUT2D eigenvalue weighted by Gasteiger charge is -2.30. The van der Waals surface area contributed by atoms with Crippen LogP contribution in [-0.2, 0) is 6.42 Å². The van der Waals surface area contributed by atoms with E-state index in [1.807, 2.05) is 6.07 Å². The first-order chi connectivity index (χ1) is 9.86. The number of para-hydroxylation sites is 1. The summed E-state index contributed by atoms with van der Waals surface area (Å²) in [6.45, 7) is 2.27. The Morgan fingerprint density at radius 2 is 1.90 bits per heavy atom. The van der Waals surface area contributed by atoms with E-state index in [2.05, 4.69) is 23.5 Å². The highest BCUT2D eigenvalue weighted by atomic mass is 16.5. The lowest BCUT2D eigenvalue weighted by molar-refractivity contribution is 0.130. The van der Waals surface area contributed by atoms with Gasteiger partial charge in [-0.3, -0.25) is 0 Å². The fourth-order valence-electron chi connectivity index (χ4n) is 3.59. The normalized spacial score (nSPS) is 28.9. The average Bonchev–Trinajstić information content (AvgIpc) is 2.90. The molecule has 1 saturated carbocycles. The summed E-state index contributed by atoms with van der Waals surface area (Å²) in [6.07, 6.45) is 6.32. The minimum Gasteiger partial charge on any atom is -0.488 e. The molecule has 1 aromatic rings. The number of ether oxygens (including phenoxy) is 1. The first-order valence-electron chi connectivity index (χ1n) is 7.93. The minimum absolute atomic E-state index is 0.267. The van der Waals surface area contributed by atoms with Gasteiger partial charge in [-0.1, -0.05) is 31.0 Å².